The molecule has 0 saturated heterocycles. The third-order valence-electron chi connectivity index (χ3n) is 2.63. The molecule has 0 aliphatic heterocycles. The molecular formula is C15H27N3. The third kappa shape index (κ3) is 5.50. The Morgan fingerprint density at radius 1 is 1.28 bits per heavy atom. The highest BCUT2D eigenvalue weighted by Crippen LogP contribution is 2.18. The van der Waals surface area contributed by atoms with Gasteiger partial charge in [-0.15, -0.1) is 0 Å². The molecule has 102 valence electrons. The van der Waals surface area contributed by atoms with Crippen LogP contribution in [-0.4, -0.2) is 24.6 Å². The lowest BCUT2D eigenvalue weighted by molar-refractivity contribution is 0.418. The van der Waals surface area contributed by atoms with Gasteiger partial charge in [-0.1, -0.05) is 40.7 Å². The van der Waals surface area contributed by atoms with Gasteiger partial charge in [0.15, 0.2) is 0 Å². The van der Waals surface area contributed by atoms with Gasteiger partial charge in [0.2, 0.25) is 0 Å². The van der Waals surface area contributed by atoms with Gasteiger partial charge in [0, 0.05) is 32.4 Å². The SMILES string of the molecule is CC(C)NCc1ccc(N(C)CC(C)(C)C)nc1. The lowest BCUT2D eigenvalue weighted by Gasteiger charge is -2.27. The van der Waals surface area contributed by atoms with Crippen molar-refractivity contribution in [2.75, 3.05) is 18.5 Å². The van der Waals surface area contributed by atoms with E-state index in [1.54, 1.807) is 0 Å². The molecule has 0 atom stereocenters. The summed E-state index contributed by atoms with van der Waals surface area (Å²) >= 11 is 0. The van der Waals surface area contributed by atoms with E-state index < -0.39 is 0 Å². The standard InChI is InChI=1S/C15H27N3/c1-12(2)16-9-13-7-8-14(17-10-13)18(6)11-15(3,4)5/h7-8,10,12,16H,9,11H2,1-6H3. The van der Waals surface area contributed by atoms with Crippen molar-refractivity contribution in [3.63, 3.8) is 0 Å². The summed E-state index contributed by atoms with van der Waals surface area (Å²) in [7, 11) is 2.10. The highest BCUT2D eigenvalue weighted by molar-refractivity contribution is 5.38. The smallest absolute Gasteiger partial charge is 0.128 e. The summed E-state index contributed by atoms with van der Waals surface area (Å²) in [6, 6.07) is 4.76. The fourth-order valence-electron chi connectivity index (χ4n) is 1.86. The van der Waals surface area contributed by atoms with Crippen LogP contribution in [0.5, 0.6) is 0 Å². The minimum atomic E-state index is 0.286. The maximum absolute atomic E-state index is 4.53. The van der Waals surface area contributed by atoms with E-state index in [9.17, 15) is 0 Å². The summed E-state index contributed by atoms with van der Waals surface area (Å²) < 4.78 is 0. The van der Waals surface area contributed by atoms with Crippen molar-refractivity contribution in [2.45, 2.75) is 47.2 Å². The van der Waals surface area contributed by atoms with Gasteiger partial charge in [0.05, 0.1) is 0 Å². The van der Waals surface area contributed by atoms with Gasteiger partial charge in [-0.2, -0.15) is 0 Å². The zero-order valence-electron chi connectivity index (χ0n) is 12.6. The molecule has 1 rings (SSSR count). The molecule has 1 aromatic heterocycles. The van der Waals surface area contributed by atoms with Gasteiger partial charge in [0.1, 0.15) is 5.82 Å². The normalized spacial score (nSPS) is 11.9. The minimum absolute atomic E-state index is 0.286. The van der Waals surface area contributed by atoms with E-state index >= 15 is 0 Å². The highest BCUT2D eigenvalue weighted by Gasteiger charge is 2.14. The summed E-state index contributed by atoms with van der Waals surface area (Å²) in [5.74, 6) is 1.04. The molecule has 0 saturated carbocycles. The van der Waals surface area contributed by atoms with Crippen LogP contribution < -0.4 is 10.2 Å². The molecule has 1 N–H and O–H groups in total. The van der Waals surface area contributed by atoms with Crippen molar-refractivity contribution >= 4 is 5.82 Å². The summed E-state index contributed by atoms with van der Waals surface area (Å²) in [6.45, 7) is 12.9. The first-order valence-electron chi connectivity index (χ1n) is 6.67. The monoisotopic (exact) mass is 249 g/mol. The van der Waals surface area contributed by atoms with Gasteiger partial charge in [0.25, 0.3) is 0 Å². The topological polar surface area (TPSA) is 28.2 Å². The summed E-state index contributed by atoms with van der Waals surface area (Å²) in [6.07, 6.45) is 1.96. The molecule has 3 nitrogen and oxygen atoms in total. The first-order chi connectivity index (χ1) is 8.28. The van der Waals surface area contributed by atoms with Crippen LogP contribution in [0.1, 0.15) is 40.2 Å². The van der Waals surface area contributed by atoms with Crippen LogP contribution in [-0.2, 0) is 6.54 Å². The fraction of sp³-hybridized carbons (Fsp3) is 0.667. The van der Waals surface area contributed by atoms with E-state index in [0.717, 1.165) is 18.9 Å². The Labute approximate surface area is 112 Å². The van der Waals surface area contributed by atoms with Crippen molar-refractivity contribution in [3.05, 3.63) is 23.9 Å². The lowest BCUT2D eigenvalue weighted by atomic mass is 9.96. The average Bonchev–Trinajstić information content (AvgIpc) is 2.24. The van der Waals surface area contributed by atoms with E-state index in [0.29, 0.717) is 6.04 Å². The second-order valence-electron chi connectivity index (χ2n) is 6.48. The van der Waals surface area contributed by atoms with Crippen molar-refractivity contribution in [1.29, 1.82) is 0 Å². The van der Waals surface area contributed by atoms with Crippen LogP contribution in [0.25, 0.3) is 0 Å². The molecular weight excluding hydrogens is 222 g/mol. The van der Waals surface area contributed by atoms with E-state index in [2.05, 4.69) is 69.0 Å². The zero-order valence-corrected chi connectivity index (χ0v) is 12.6. The molecule has 0 spiro atoms. The van der Waals surface area contributed by atoms with E-state index in [1.807, 2.05) is 6.20 Å². The van der Waals surface area contributed by atoms with Gasteiger partial charge >= 0.3 is 0 Å². The first kappa shape index (κ1) is 15.0. The lowest BCUT2D eigenvalue weighted by Crippen LogP contribution is -2.29. The quantitative estimate of drug-likeness (QED) is 0.869. The molecule has 0 aromatic carbocycles. The predicted molar refractivity (Wildman–Crippen MR) is 78.9 cm³/mol. The Bertz CT molecular complexity index is 349. The van der Waals surface area contributed by atoms with Crippen molar-refractivity contribution < 1.29 is 0 Å². The van der Waals surface area contributed by atoms with Gasteiger partial charge in [-0.05, 0) is 17.0 Å². The van der Waals surface area contributed by atoms with Gasteiger partial charge in [-0.25, -0.2) is 4.98 Å². The maximum atomic E-state index is 4.53. The van der Waals surface area contributed by atoms with E-state index in [1.165, 1.54) is 5.56 Å². The second-order valence-corrected chi connectivity index (χ2v) is 6.48. The molecule has 0 unspecified atom stereocenters. The molecule has 1 heterocycles. The second kappa shape index (κ2) is 6.19. The van der Waals surface area contributed by atoms with E-state index in [-0.39, 0.29) is 5.41 Å². The van der Waals surface area contributed by atoms with E-state index in [4.69, 9.17) is 0 Å². The molecule has 0 fully saturated rings. The largest absolute Gasteiger partial charge is 0.359 e. The number of hydrogen-bond donors (Lipinski definition) is 1. The number of pyridine rings is 1. The number of hydrogen-bond acceptors (Lipinski definition) is 3. The zero-order chi connectivity index (χ0) is 13.8. The van der Waals surface area contributed by atoms with Crippen LogP contribution in [0.15, 0.2) is 18.3 Å². The van der Waals surface area contributed by atoms with Crippen molar-refractivity contribution in [3.8, 4) is 0 Å². The summed E-state index contributed by atoms with van der Waals surface area (Å²) in [5, 5.41) is 3.40. The maximum Gasteiger partial charge on any atom is 0.128 e. The van der Waals surface area contributed by atoms with Crippen LogP contribution >= 0.6 is 0 Å². The minimum Gasteiger partial charge on any atom is -0.359 e. The first-order valence-corrected chi connectivity index (χ1v) is 6.67. The molecule has 0 aliphatic carbocycles. The Kier molecular flexibility index (Phi) is 5.15. The van der Waals surface area contributed by atoms with Crippen LogP contribution in [0, 0.1) is 5.41 Å². The Balaban J connectivity index is 2.59. The van der Waals surface area contributed by atoms with Crippen molar-refractivity contribution in [2.24, 2.45) is 5.41 Å². The van der Waals surface area contributed by atoms with Crippen LogP contribution in [0.2, 0.25) is 0 Å². The number of nitrogens with one attached hydrogen (secondary N) is 1. The molecule has 18 heavy (non-hydrogen) atoms. The van der Waals surface area contributed by atoms with Gasteiger partial charge < -0.3 is 10.2 Å². The molecule has 0 radical (unpaired) electrons. The Morgan fingerprint density at radius 3 is 2.39 bits per heavy atom. The Morgan fingerprint density at radius 2 is 1.94 bits per heavy atom. The van der Waals surface area contributed by atoms with Crippen LogP contribution in [0.4, 0.5) is 5.82 Å². The predicted octanol–water partition coefficient (Wildman–Crippen LogP) is 3.06. The molecule has 0 aliphatic rings. The summed E-state index contributed by atoms with van der Waals surface area (Å²) in [5.41, 5.74) is 1.52. The third-order valence-corrected chi connectivity index (χ3v) is 2.63. The van der Waals surface area contributed by atoms with Crippen molar-refractivity contribution in [1.82, 2.24) is 10.3 Å². The summed E-state index contributed by atoms with van der Waals surface area (Å²) in [4.78, 5) is 6.73. The number of aromatic nitrogens is 1. The molecule has 0 amide bonds. The number of anilines is 1. The Hall–Kier alpha value is -1.09. The molecule has 3 heteroatoms. The number of rotatable bonds is 5. The molecule has 0 bridgehead atoms. The van der Waals surface area contributed by atoms with Gasteiger partial charge in [-0.3, -0.25) is 0 Å². The molecule has 1 aromatic rings. The highest BCUT2D eigenvalue weighted by atomic mass is 15.2. The average molecular weight is 249 g/mol. The fourth-order valence-corrected chi connectivity index (χ4v) is 1.86. The number of nitrogens with zero attached hydrogens (tertiary/aromatic N) is 2. The van der Waals surface area contributed by atoms with Crippen LogP contribution in [0.3, 0.4) is 0 Å².